The summed E-state index contributed by atoms with van der Waals surface area (Å²) in [7, 11) is 0. The molecule has 0 fully saturated rings. The molecule has 0 amide bonds. The summed E-state index contributed by atoms with van der Waals surface area (Å²) >= 11 is 7.07. The molecule has 64 heavy (non-hydrogen) atoms. The molecule has 0 aliphatic heterocycles. The van der Waals surface area contributed by atoms with Crippen molar-refractivity contribution in [1.82, 2.24) is 19.1 Å². The number of carboxylic acid groups (broad SMARTS) is 1. The Morgan fingerprint density at radius 1 is 0.594 bits per heavy atom. The SMILES string of the molecule is CCOC(=O)c1cncc(-n2c(C)ccc2-c2cc(Br)ccc2OCc2ccc(F)cc2)c1.Cc1ccc(-c2cc(Br)ccc2OCc2ccc(F)cc2)n1-c1cncc(C(=O)O)c1. The second kappa shape index (κ2) is 20.5. The van der Waals surface area contributed by atoms with Crippen LogP contribution in [-0.4, -0.2) is 42.8 Å². The smallest absolute Gasteiger partial charge is 0.339 e. The number of pyridine rings is 2. The number of aryl methyl sites for hydroxylation is 2. The number of hydrogen-bond donors (Lipinski definition) is 1. The van der Waals surface area contributed by atoms with Crippen molar-refractivity contribution in [3.8, 4) is 45.4 Å². The number of halogens is 4. The van der Waals surface area contributed by atoms with Crippen LogP contribution in [-0.2, 0) is 18.0 Å². The molecule has 0 bridgehead atoms. The van der Waals surface area contributed by atoms with Crippen molar-refractivity contribution in [3.05, 3.63) is 200 Å². The Balaban J connectivity index is 0.000000192. The molecular formula is C50H40Br2F2N4O6. The maximum Gasteiger partial charge on any atom is 0.339 e. The number of esters is 1. The predicted octanol–water partition coefficient (Wildman–Crippen LogP) is 12.5. The third kappa shape index (κ3) is 10.8. The lowest BCUT2D eigenvalue weighted by Gasteiger charge is -2.16. The molecule has 0 spiro atoms. The van der Waals surface area contributed by atoms with Gasteiger partial charge in [0.25, 0.3) is 0 Å². The highest BCUT2D eigenvalue weighted by molar-refractivity contribution is 9.10. The van der Waals surface area contributed by atoms with Gasteiger partial charge in [-0.2, -0.15) is 0 Å². The van der Waals surface area contributed by atoms with Crippen molar-refractivity contribution in [3.63, 3.8) is 0 Å². The normalized spacial score (nSPS) is 10.8. The Hall–Kier alpha value is -6.90. The van der Waals surface area contributed by atoms with Crippen molar-refractivity contribution in [1.29, 1.82) is 0 Å². The molecule has 0 saturated heterocycles. The molecule has 14 heteroatoms. The first-order valence-electron chi connectivity index (χ1n) is 19.9. The molecular weight excluding hydrogens is 950 g/mol. The second-order valence-electron chi connectivity index (χ2n) is 14.4. The molecule has 0 saturated carbocycles. The van der Waals surface area contributed by atoms with Crippen molar-refractivity contribution in [2.75, 3.05) is 6.61 Å². The monoisotopic (exact) mass is 988 g/mol. The van der Waals surface area contributed by atoms with E-state index >= 15 is 0 Å². The van der Waals surface area contributed by atoms with Gasteiger partial charge in [0.05, 0.1) is 52.9 Å². The number of ether oxygens (including phenoxy) is 3. The number of carbonyl (C=O) groups excluding carboxylic acids is 1. The fourth-order valence-corrected chi connectivity index (χ4v) is 7.59. The quantitative estimate of drug-likeness (QED) is 0.114. The van der Waals surface area contributed by atoms with Gasteiger partial charge in [-0.25, -0.2) is 18.4 Å². The second-order valence-corrected chi connectivity index (χ2v) is 16.2. The standard InChI is InChI=1S/C26H22BrFN2O3.C24H18BrFN2O3/c1-3-32-26(31)19-12-22(15-29-14-19)30-17(2)4-10-24(30)23-13-20(27)7-11-25(23)33-16-18-5-8-21(28)9-6-18;1-15-2-8-22(28(15)20-10-17(24(29)30)12-27-13-20)21-11-18(25)5-9-23(21)31-14-16-3-6-19(26)7-4-16/h4-15H,3,16H2,1-2H3;2-13H,14H2,1H3,(H,29,30). The number of hydrogen-bond acceptors (Lipinski definition) is 7. The summed E-state index contributed by atoms with van der Waals surface area (Å²) in [5.74, 6) is -0.699. The van der Waals surface area contributed by atoms with Crippen molar-refractivity contribution >= 4 is 43.8 Å². The molecule has 4 aromatic carbocycles. The number of carbonyl (C=O) groups is 2. The van der Waals surface area contributed by atoms with Gasteiger partial charge in [-0.15, -0.1) is 0 Å². The lowest BCUT2D eigenvalue weighted by atomic mass is 10.1. The van der Waals surface area contributed by atoms with Gasteiger partial charge in [-0.1, -0.05) is 56.1 Å². The number of aromatic nitrogens is 4. The Bertz CT molecular complexity index is 2930. The van der Waals surface area contributed by atoms with Crippen LogP contribution in [0, 0.1) is 25.5 Å². The van der Waals surface area contributed by atoms with E-state index in [9.17, 15) is 23.5 Å². The maximum atomic E-state index is 13.2. The summed E-state index contributed by atoms with van der Waals surface area (Å²) in [6, 6.07) is 35.1. The molecule has 0 atom stereocenters. The third-order valence-electron chi connectivity index (χ3n) is 9.92. The number of nitrogens with zero attached hydrogens (tertiary/aromatic N) is 4. The maximum absolute atomic E-state index is 13.2. The van der Waals surface area contributed by atoms with Crippen LogP contribution in [0.15, 0.2) is 155 Å². The molecule has 1 N–H and O–H groups in total. The Kier molecular flexibility index (Phi) is 14.5. The lowest BCUT2D eigenvalue weighted by Crippen LogP contribution is -2.07. The van der Waals surface area contributed by atoms with E-state index < -0.39 is 11.9 Å². The summed E-state index contributed by atoms with van der Waals surface area (Å²) in [5.41, 5.74) is 8.87. The van der Waals surface area contributed by atoms with E-state index in [4.69, 9.17) is 14.2 Å². The van der Waals surface area contributed by atoms with Gasteiger partial charge in [0.1, 0.15) is 36.3 Å². The van der Waals surface area contributed by atoms with Gasteiger partial charge in [-0.3, -0.25) is 9.97 Å². The predicted molar refractivity (Wildman–Crippen MR) is 247 cm³/mol. The fourth-order valence-electron chi connectivity index (χ4n) is 6.87. The van der Waals surface area contributed by atoms with Gasteiger partial charge < -0.3 is 28.5 Å². The van der Waals surface area contributed by atoms with Crippen LogP contribution in [0.25, 0.3) is 33.9 Å². The molecule has 10 nitrogen and oxygen atoms in total. The van der Waals surface area contributed by atoms with Crippen LogP contribution in [0.1, 0.15) is 50.2 Å². The van der Waals surface area contributed by atoms with Crippen molar-refractivity contribution in [2.24, 2.45) is 0 Å². The number of aromatic carboxylic acids is 1. The molecule has 8 aromatic rings. The van der Waals surface area contributed by atoms with E-state index in [0.29, 0.717) is 36.0 Å². The minimum absolute atomic E-state index is 0.110. The first-order valence-corrected chi connectivity index (χ1v) is 21.5. The zero-order chi connectivity index (χ0) is 45.3. The first-order chi connectivity index (χ1) is 30.9. The summed E-state index contributed by atoms with van der Waals surface area (Å²) in [5, 5.41) is 9.34. The van der Waals surface area contributed by atoms with E-state index in [0.717, 1.165) is 59.7 Å². The van der Waals surface area contributed by atoms with Gasteiger partial charge in [0.2, 0.25) is 0 Å². The highest BCUT2D eigenvalue weighted by Crippen LogP contribution is 2.38. The van der Waals surface area contributed by atoms with Crippen molar-refractivity contribution in [2.45, 2.75) is 34.0 Å². The van der Waals surface area contributed by atoms with Gasteiger partial charge >= 0.3 is 11.9 Å². The van der Waals surface area contributed by atoms with E-state index in [2.05, 4.69) is 41.8 Å². The topological polar surface area (TPSA) is 118 Å². The number of rotatable bonds is 13. The molecule has 0 aliphatic rings. The summed E-state index contributed by atoms with van der Waals surface area (Å²) in [6.07, 6.45) is 6.15. The van der Waals surface area contributed by atoms with E-state index in [1.165, 1.54) is 36.7 Å². The van der Waals surface area contributed by atoms with E-state index in [1.807, 2.05) is 83.6 Å². The van der Waals surface area contributed by atoms with Crippen LogP contribution in [0.5, 0.6) is 11.5 Å². The van der Waals surface area contributed by atoms with Crippen molar-refractivity contribution < 1.29 is 37.7 Å². The van der Waals surface area contributed by atoms with E-state index in [-0.39, 0.29) is 23.8 Å². The molecule has 8 rings (SSSR count). The zero-order valence-electron chi connectivity index (χ0n) is 34.8. The third-order valence-corrected chi connectivity index (χ3v) is 10.9. The molecule has 324 valence electrons. The van der Waals surface area contributed by atoms with E-state index in [1.54, 1.807) is 55.7 Å². The average Bonchev–Trinajstić information content (AvgIpc) is 3.88. The highest BCUT2D eigenvalue weighted by atomic mass is 79.9. The van der Waals surface area contributed by atoms with Crippen LogP contribution >= 0.6 is 31.9 Å². The number of benzene rings is 4. The summed E-state index contributed by atoms with van der Waals surface area (Å²) < 4.78 is 49.4. The van der Waals surface area contributed by atoms with Crippen LogP contribution in [0.4, 0.5) is 8.78 Å². The van der Waals surface area contributed by atoms with Crippen LogP contribution < -0.4 is 9.47 Å². The van der Waals surface area contributed by atoms with Gasteiger partial charge in [-0.05, 0) is 129 Å². The minimum Gasteiger partial charge on any atom is -0.488 e. The largest absolute Gasteiger partial charge is 0.488 e. The zero-order valence-corrected chi connectivity index (χ0v) is 37.9. The molecule has 0 unspecified atom stereocenters. The fraction of sp³-hybridized carbons (Fsp3) is 0.120. The van der Waals surface area contributed by atoms with Crippen LogP contribution in [0.2, 0.25) is 0 Å². The first kappa shape index (κ1) is 45.1. The van der Waals surface area contributed by atoms with Gasteiger partial charge in [0.15, 0.2) is 0 Å². The Morgan fingerprint density at radius 2 is 1.03 bits per heavy atom. The van der Waals surface area contributed by atoms with Crippen LogP contribution in [0.3, 0.4) is 0 Å². The molecule has 4 aromatic heterocycles. The lowest BCUT2D eigenvalue weighted by molar-refractivity contribution is 0.0525. The summed E-state index contributed by atoms with van der Waals surface area (Å²) in [4.78, 5) is 32.0. The molecule has 4 heterocycles. The van der Waals surface area contributed by atoms with Gasteiger partial charge in [0, 0.05) is 43.9 Å². The molecule has 0 radical (unpaired) electrons. The minimum atomic E-state index is -1.04. The highest BCUT2D eigenvalue weighted by Gasteiger charge is 2.19. The Labute approximate surface area is 385 Å². The number of carboxylic acids is 1. The molecule has 0 aliphatic carbocycles. The Morgan fingerprint density at radius 3 is 1.47 bits per heavy atom. The summed E-state index contributed by atoms with van der Waals surface area (Å²) in [6.45, 7) is 6.57. The average molecular weight is 991 g/mol.